The molecular formula is C7H13N5. The Morgan fingerprint density at radius 3 is 2.92 bits per heavy atom. The third-order valence-electron chi connectivity index (χ3n) is 2.11. The summed E-state index contributed by atoms with van der Waals surface area (Å²) in [7, 11) is 0. The van der Waals surface area contributed by atoms with Gasteiger partial charge in [0.05, 0.1) is 12.1 Å². The number of hydrogen-bond donors (Lipinski definition) is 1. The van der Waals surface area contributed by atoms with Crippen molar-refractivity contribution in [2.75, 3.05) is 0 Å². The highest BCUT2D eigenvalue weighted by Gasteiger charge is 2.44. The largest absolute Gasteiger partial charge is 0.319 e. The van der Waals surface area contributed by atoms with Crippen molar-refractivity contribution in [2.24, 2.45) is 5.73 Å². The molecule has 1 heterocycles. The van der Waals surface area contributed by atoms with Crippen LogP contribution in [0.3, 0.4) is 0 Å². The number of rotatable bonds is 3. The Hall–Kier alpha value is -0.970. The van der Waals surface area contributed by atoms with E-state index >= 15 is 0 Å². The summed E-state index contributed by atoms with van der Waals surface area (Å²) in [6, 6.07) is 0. The highest BCUT2D eigenvalue weighted by molar-refractivity contribution is 5.11. The van der Waals surface area contributed by atoms with Gasteiger partial charge in [-0.2, -0.15) is 4.80 Å². The monoisotopic (exact) mass is 167 g/mol. The van der Waals surface area contributed by atoms with E-state index in [1.807, 2.05) is 0 Å². The predicted octanol–water partition coefficient (Wildman–Crippen LogP) is 0.0309. The van der Waals surface area contributed by atoms with Crippen LogP contribution in [0.1, 0.15) is 32.0 Å². The SMILES string of the molecule is CCCn1nnc(C2(N)CC2)n1. The highest BCUT2D eigenvalue weighted by atomic mass is 15.6. The topological polar surface area (TPSA) is 69.6 Å². The molecule has 12 heavy (non-hydrogen) atoms. The lowest BCUT2D eigenvalue weighted by atomic mass is 10.3. The Morgan fingerprint density at radius 2 is 2.33 bits per heavy atom. The Kier molecular flexibility index (Phi) is 1.61. The maximum atomic E-state index is 5.90. The van der Waals surface area contributed by atoms with Gasteiger partial charge in [0, 0.05) is 0 Å². The molecule has 0 unspecified atom stereocenters. The predicted molar refractivity (Wildman–Crippen MR) is 43.2 cm³/mol. The van der Waals surface area contributed by atoms with Gasteiger partial charge < -0.3 is 5.73 Å². The van der Waals surface area contributed by atoms with E-state index in [2.05, 4.69) is 22.3 Å². The fraction of sp³-hybridized carbons (Fsp3) is 0.857. The Labute approximate surface area is 70.9 Å². The first-order valence-corrected chi connectivity index (χ1v) is 4.32. The summed E-state index contributed by atoms with van der Waals surface area (Å²) in [5.74, 6) is 0.705. The zero-order chi connectivity index (χ0) is 8.60. The average Bonchev–Trinajstić information content (AvgIpc) is 2.64. The molecule has 0 saturated heterocycles. The zero-order valence-corrected chi connectivity index (χ0v) is 7.19. The second kappa shape index (κ2) is 2.52. The van der Waals surface area contributed by atoms with E-state index < -0.39 is 0 Å². The molecule has 1 saturated carbocycles. The Bertz CT molecular complexity index is 275. The number of nitrogens with zero attached hydrogens (tertiary/aromatic N) is 4. The first kappa shape index (κ1) is 7.67. The number of tetrazole rings is 1. The molecule has 66 valence electrons. The van der Waals surface area contributed by atoms with Crippen molar-refractivity contribution in [1.29, 1.82) is 0 Å². The van der Waals surface area contributed by atoms with Gasteiger partial charge in [-0.3, -0.25) is 0 Å². The third kappa shape index (κ3) is 1.20. The molecule has 1 aliphatic rings. The van der Waals surface area contributed by atoms with Gasteiger partial charge in [0.1, 0.15) is 0 Å². The van der Waals surface area contributed by atoms with Gasteiger partial charge >= 0.3 is 0 Å². The van der Waals surface area contributed by atoms with E-state index in [-0.39, 0.29) is 5.54 Å². The Morgan fingerprint density at radius 1 is 1.58 bits per heavy atom. The van der Waals surface area contributed by atoms with Crippen LogP contribution in [-0.4, -0.2) is 20.2 Å². The average molecular weight is 167 g/mol. The lowest BCUT2D eigenvalue weighted by molar-refractivity contribution is 0.509. The second-order valence-corrected chi connectivity index (χ2v) is 3.37. The van der Waals surface area contributed by atoms with Gasteiger partial charge in [0.25, 0.3) is 0 Å². The smallest absolute Gasteiger partial charge is 0.194 e. The van der Waals surface area contributed by atoms with Gasteiger partial charge in [0.2, 0.25) is 0 Å². The van der Waals surface area contributed by atoms with E-state index in [9.17, 15) is 0 Å². The number of nitrogens with two attached hydrogens (primary N) is 1. The molecule has 5 heteroatoms. The summed E-state index contributed by atoms with van der Waals surface area (Å²) in [5, 5.41) is 12.0. The molecular weight excluding hydrogens is 154 g/mol. The summed E-state index contributed by atoms with van der Waals surface area (Å²) < 4.78 is 0. The van der Waals surface area contributed by atoms with Crippen LogP contribution in [0.2, 0.25) is 0 Å². The molecule has 0 aromatic carbocycles. The van der Waals surface area contributed by atoms with Crippen molar-refractivity contribution < 1.29 is 0 Å². The maximum Gasteiger partial charge on any atom is 0.194 e. The minimum absolute atomic E-state index is 0.244. The zero-order valence-electron chi connectivity index (χ0n) is 7.19. The lowest BCUT2D eigenvalue weighted by Crippen LogP contribution is -2.20. The summed E-state index contributed by atoms with van der Waals surface area (Å²) >= 11 is 0. The number of aromatic nitrogens is 4. The summed E-state index contributed by atoms with van der Waals surface area (Å²) in [4.78, 5) is 1.61. The van der Waals surface area contributed by atoms with Gasteiger partial charge in [-0.1, -0.05) is 6.92 Å². The second-order valence-electron chi connectivity index (χ2n) is 3.37. The van der Waals surface area contributed by atoms with Crippen molar-refractivity contribution in [3.8, 4) is 0 Å². The van der Waals surface area contributed by atoms with E-state index in [1.54, 1.807) is 4.80 Å². The highest BCUT2D eigenvalue weighted by Crippen LogP contribution is 2.40. The van der Waals surface area contributed by atoms with Crippen molar-refractivity contribution in [3.05, 3.63) is 5.82 Å². The van der Waals surface area contributed by atoms with Gasteiger partial charge in [-0.15, -0.1) is 10.2 Å². The number of aryl methyl sites for hydroxylation is 1. The van der Waals surface area contributed by atoms with Crippen molar-refractivity contribution in [1.82, 2.24) is 20.2 Å². The van der Waals surface area contributed by atoms with Gasteiger partial charge in [-0.05, 0) is 24.5 Å². The van der Waals surface area contributed by atoms with Crippen LogP contribution in [0.25, 0.3) is 0 Å². The third-order valence-corrected chi connectivity index (χ3v) is 2.11. The van der Waals surface area contributed by atoms with Crippen LogP contribution in [-0.2, 0) is 12.1 Å². The van der Waals surface area contributed by atoms with Crippen LogP contribution in [0, 0.1) is 0 Å². The van der Waals surface area contributed by atoms with Gasteiger partial charge in [0.15, 0.2) is 5.82 Å². The first-order chi connectivity index (χ1) is 5.74. The molecule has 1 aliphatic carbocycles. The fourth-order valence-electron chi connectivity index (χ4n) is 1.10. The maximum absolute atomic E-state index is 5.90. The summed E-state index contributed by atoms with van der Waals surface area (Å²) in [5.41, 5.74) is 5.65. The quantitative estimate of drug-likeness (QED) is 0.689. The lowest BCUT2D eigenvalue weighted by Gasteiger charge is -1.98. The molecule has 1 aromatic rings. The van der Waals surface area contributed by atoms with Crippen molar-refractivity contribution in [2.45, 2.75) is 38.3 Å². The molecule has 0 atom stereocenters. The molecule has 5 nitrogen and oxygen atoms in total. The van der Waals surface area contributed by atoms with Gasteiger partial charge in [-0.25, -0.2) is 0 Å². The molecule has 0 radical (unpaired) electrons. The van der Waals surface area contributed by atoms with Crippen LogP contribution in [0.5, 0.6) is 0 Å². The summed E-state index contributed by atoms with van der Waals surface area (Å²) in [6.45, 7) is 2.90. The molecule has 2 N–H and O–H groups in total. The molecule has 0 bridgehead atoms. The van der Waals surface area contributed by atoms with E-state index in [0.717, 1.165) is 25.8 Å². The summed E-state index contributed by atoms with van der Waals surface area (Å²) in [6.07, 6.45) is 3.00. The van der Waals surface area contributed by atoms with E-state index in [1.165, 1.54) is 0 Å². The molecule has 0 spiro atoms. The minimum atomic E-state index is -0.244. The molecule has 2 rings (SSSR count). The first-order valence-electron chi connectivity index (χ1n) is 4.32. The Balaban J connectivity index is 2.13. The standard InChI is InChI=1S/C7H13N5/c1-2-5-12-10-6(9-11-12)7(8)3-4-7/h2-5,8H2,1H3. The molecule has 0 amide bonds. The van der Waals surface area contributed by atoms with Crippen LogP contribution in [0.15, 0.2) is 0 Å². The van der Waals surface area contributed by atoms with Crippen LogP contribution in [0.4, 0.5) is 0 Å². The van der Waals surface area contributed by atoms with E-state index in [4.69, 9.17) is 5.73 Å². The van der Waals surface area contributed by atoms with Crippen LogP contribution >= 0.6 is 0 Å². The van der Waals surface area contributed by atoms with Crippen molar-refractivity contribution in [3.63, 3.8) is 0 Å². The minimum Gasteiger partial charge on any atom is -0.319 e. The van der Waals surface area contributed by atoms with Crippen molar-refractivity contribution >= 4 is 0 Å². The molecule has 0 aliphatic heterocycles. The number of hydrogen-bond acceptors (Lipinski definition) is 4. The van der Waals surface area contributed by atoms with Crippen LogP contribution < -0.4 is 5.73 Å². The molecule has 1 aromatic heterocycles. The normalized spacial score (nSPS) is 19.5. The fourth-order valence-corrected chi connectivity index (χ4v) is 1.10. The molecule has 1 fully saturated rings. The van der Waals surface area contributed by atoms with E-state index in [0.29, 0.717) is 5.82 Å².